The van der Waals surface area contributed by atoms with Gasteiger partial charge in [0.05, 0.1) is 16.7 Å². The van der Waals surface area contributed by atoms with Crippen LogP contribution in [0.1, 0.15) is 0 Å². The highest BCUT2D eigenvalue weighted by atomic mass is 32.1. The molecule has 0 radical (unpaired) electrons. The first-order valence-electron chi connectivity index (χ1n) is 20.8. The van der Waals surface area contributed by atoms with E-state index >= 15 is 0 Å². The van der Waals surface area contributed by atoms with Gasteiger partial charge in [-0.1, -0.05) is 164 Å². The van der Waals surface area contributed by atoms with Gasteiger partial charge in [-0.25, -0.2) is 0 Å². The summed E-state index contributed by atoms with van der Waals surface area (Å²) in [6, 6.07) is 84.2. The van der Waals surface area contributed by atoms with Crippen LogP contribution in [0.4, 0.5) is 17.1 Å². The van der Waals surface area contributed by atoms with Gasteiger partial charge in [-0.15, -0.1) is 11.3 Å². The molecule has 2 heterocycles. The van der Waals surface area contributed by atoms with Gasteiger partial charge in [0.2, 0.25) is 0 Å². The van der Waals surface area contributed by atoms with Gasteiger partial charge in [0.25, 0.3) is 0 Å². The molecule has 61 heavy (non-hydrogen) atoms. The van der Waals surface area contributed by atoms with Crippen molar-refractivity contribution in [3.63, 3.8) is 0 Å². The molecule has 12 aromatic rings. The minimum Gasteiger partial charge on any atom is -0.310 e. The topological polar surface area (TPSA) is 8.17 Å². The molecule has 3 heteroatoms. The van der Waals surface area contributed by atoms with Crippen molar-refractivity contribution < 1.29 is 0 Å². The Morgan fingerprint density at radius 2 is 0.918 bits per heavy atom. The molecule has 0 saturated carbocycles. The summed E-state index contributed by atoms with van der Waals surface area (Å²) in [6.07, 6.45) is 0. The van der Waals surface area contributed by atoms with Gasteiger partial charge in [-0.05, 0) is 105 Å². The largest absolute Gasteiger partial charge is 0.310 e. The summed E-state index contributed by atoms with van der Waals surface area (Å²) in [6.45, 7) is 0. The molecule has 0 bridgehead atoms. The monoisotopic (exact) mass is 794 g/mol. The maximum absolute atomic E-state index is 2.44. The van der Waals surface area contributed by atoms with E-state index in [0.29, 0.717) is 0 Å². The summed E-state index contributed by atoms with van der Waals surface area (Å²) >= 11 is 1.86. The Labute approximate surface area is 358 Å². The van der Waals surface area contributed by atoms with Crippen molar-refractivity contribution in [2.24, 2.45) is 0 Å². The lowest BCUT2D eigenvalue weighted by atomic mass is 9.95. The first-order chi connectivity index (χ1) is 30.3. The van der Waals surface area contributed by atoms with E-state index in [2.05, 4.69) is 240 Å². The number of nitrogens with zero attached hydrogens (tertiary/aromatic N) is 2. The predicted octanol–water partition coefficient (Wildman–Crippen LogP) is 16.8. The third-order valence-electron chi connectivity index (χ3n) is 12.2. The fraction of sp³-hybridized carbons (Fsp3) is 0. The number of hydrogen-bond donors (Lipinski definition) is 0. The molecule has 0 spiro atoms. The van der Waals surface area contributed by atoms with E-state index in [1.54, 1.807) is 0 Å². The van der Waals surface area contributed by atoms with Crippen LogP contribution in [0.25, 0.3) is 91.8 Å². The van der Waals surface area contributed by atoms with Crippen LogP contribution < -0.4 is 4.90 Å². The molecule has 12 rings (SSSR count). The van der Waals surface area contributed by atoms with Crippen LogP contribution in [0.3, 0.4) is 0 Å². The zero-order valence-electron chi connectivity index (χ0n) is 33.2. The van der Waals surface area contributed by atoms with Crippen LogP contribution in [0.15, 0.2) is 231 Å². The van der Waals surface area contributed by atoms with Gasteiger partial charge in [-0.3, -0.25) is 0 Å². The van der Waals surface area contributed by atoms with Gasteiger partial charge in [0, 0.05) is 53.6 Å². The average molecular weight is 795 g/mol. The number of benzene rings is 10. The highest BCUT2D eigenvalue weighted by molar-refractivity contribution is 7.25. The van der Waals surface area contributed by atoms with Crippen LogP contribution in [0.5, 0.6) is 0 Å². The Morgan fingerprint density at radius 1 is 0.344 bits per heavy atom. The summed E-state index contributed by atoms with van der Waals surface area (Å²) in [5, 5.41) is 7.64. The lowest BCUT2D eigenvalue weighted by Crippen LogP contribution is -2.11. The van der Waals surface area contributed by atoms with Gasteiger partial charge in [-0.2, -0.15) is 0 Å². The molecule has 0 amide bonds. The van der Waals surface area contributed by atoms with Crippen LogP contribution in [0.2, 0.25) is 0 Å². The highest BCUT2D eigenvalue weighted by Gasteiger charge is 2.21. The number of fused-ring (bicyclic) bond motifs is 7. The summed E-state index contributed by atoms with van der Waals surface area (Å²) < 4.78 is 4.99. The Balaban J connectivity index is 1.01. The second kappa shape index (κ2) is 14.5. The highest BCUT2D eigenvalue weighted by Crippen LogP contribution is 2.47. The molecule has 2 aromatic heterocycles. The van der Waals surface area contributed by atoms with Crippen LogP contribution in [0, 0.1) is 0 Å². The first-order valence-corrected chi connectivity index (χ1v) is 21.7. The number of anilines is 3. The molecule has 0 saturated heterocycles. The van der Waals surface area contributed by atoms with E-state index in [-0.39, 0.29) is 0 Å². The van der Waals surface area contributed by atoms with Gasteiger partial charge in [0.15, 0.2) is 0 Å². The van der Waals surface area contributed by atoms with Crippen LogP contribution in [-0.4, -0.2) is 4.57 Å². The molecule has 0 aliphatic heterocycles. The van der Waals surface area contributed by atoms with E-state index in [1.807, 2.05) is 11.3 Å². The zero-order chi connectivity index (χ0) is 40.3. The summed E-state index contributed by atoms with van der Waals surface area (Å²) in [5.74, 6) is 0. The molecule has 0 unspecified atom stereocenters. The zero-order valence-corrected chi connectivity index (χ0v) is 34.1. The van der Waals surface area contributed by atoms with E-state index in [0.717, 1.165) is 28.3 Å². The molecule has 10 aromatic carbocycles. The quantitative estimate of drug-likeness (QED) is 0.156. The standard InChI is InChI=1S/C58H38N2S/c1-2-18-46-40(14-1)15-12-23-47(46)41-32-30-39(31-33-41)42-16-11-17-45(38-42)59(43-34-36-44(37-35-43)60-54-26-8-3-19-48(54)49-20-4-9-27-55(49)60)53-25-7-5-21-50(53)51-24-13-29-57-58(51)52-22-6-10-28-56(52)61-57/h1-38H. The number of para-hydroxylation sites is 3. The van der Waals surface area contributed by atoms with Crippen molar-refractivity contribution in [2.75, 3.05) is 4.90 Å². The van der Waals surface area contributed by atoms with Crippen molar-refractivity contribution in [1.29, 1.82) is 0 Å². The van der Waals surface area contributed by atoms with Crippen molar-refractivity contribution in [1.82, 2.24) is 4.57 Å². The normalized spacial score (nSPS) is 11.6. The average Bonchev–Trinajstić information content (AvgIpc) is 3.88. The fourth-order valence-electron chi connectivity index (χ4n) is 9.42. The molecule has 0 aliphatic rings. The Bertz CT molecular complexity index is 3530. The van der Waals surface area contributed by atoms with Gasteiger partial charge >= 0.3 is 0 Å². The molecule has 0 N–H and O–H groups in total. The Kier molecular flexibility index (Phi) is 8.39. The molecule has 0 aliphatic carbocycles. The van der Waals surface area contributed by atoms with E-state index in [9.17, 15) is 0 Å². The lowest BCUT2D eigenvalue weighted by molar-refractivity contribution is 1.17. The maximum Gasteiger partial charge on any atom is 0.0541 e. The summed E-state index contributed by atoms with van der Waals surface area (Å²) in [7, 11) is 0. The molecular weight excluding hydrogens is 757 g/mol. The summed E-state index contributed by atoms with van der Waals surface area (Å²) in [4.78, 5) is 2.44. The number of hydrogen-bond acceptors (Lipinski definition) is 2. The fourth-order valence-corrected chi connectivity index (χ4v) is 10.6. The second-order valence-corrected chi connectivity index (χ2v) is 16.8. The first kappa shape index (κ1) is 35.2. The van der Waals surface area contributed by atoms with Crippen molar-refractivity contribution >= 4 is 81.1 Å². The van der Waals surface area contributed by atoms with E-state index in [4.69, 9.17) is 0 Å². The third-order valence-corrected chi connectivity index (χ3v) is 13.3. The van der Waals surface area contributed by atoms with Crippen molar-refractivity contribution in [3.8, 4) is 39.1 Å². The van der Waals surface area contributed by atoms with Crippen molar-refractivity contribution in [3.05, 3.63) is 231 Å². The molecule has 0 atom stereocenters. The number of aromatic nitrogens is 1. The third kappa shape index (κ3) is 5.93. The van der Waals surface area contributed by atoms with Crippen LogP contribution in [-0.2, 0) is 0 Å². The molecule has 2 nitrogen and oxygen atoms in total. The van der Waals surface area contributed by atoms with E-state index < -0.39 is 0 Å². The molecular formula is C58H38N2S. The number of thiophene rings is 1. The Morgan fingerprint density at radius 3 is 1.72 bits per heavy atom. The SMILES string of the molecule is c1cc(-c2ccc(-c3cccc4ccccc34)cc2)cc(N(c2ccc(-n3c4ccccc4c4ccccc43)cc2)c2ccccc2-c2cccc3sc4ccccc4c23)c1. The lowest BCUT2D eigenvalue weighted by Gasteiger charge is -2.29. The minimum atomic E-state index is 1.09. The van der Waals surface area contributed by atoms with Gasteiger partial charge < -0.3 is 9.47 Å². The van der Waals surface area contributed by atoms with Crippen molar-refractivity contribution in [2.45, 2.75) is 0 Å². The van der Waals surface area contributed by atoms with Gasteiger partial charge in [0.1, 0.15) is 0 Å². The molecule has 0 fully saturated rings. The van der Waals surface area contributed by atoms with Crippen LogP contribution >= 0.6 is 11.3 Å². The Hall–Kier alpha value is -7.72. The predicted molar refractivity (Wildman–Crippen MR) is 262 cm³/mol. The maximum atomic E-state index is 2.44. The minimum absolute atomic E-state index is 1.09. The second-order valence-electron chi connectivity index (χ2n) is 15.7. The number of rotatable bonds is 7. The molecule has 286 valence electrons. The smallest absolute Gasteiger partial charge is 0.0541 e. The van der Waals surface area contributed by atoms with E-state index in [1.165, 1.54) is 80.6 Å². The summed E-state index contributed by atoms with van der Waals surface area (Å²) in [5.41, 5.74) is 14.1.